The van der Waals surface area contributed by atoms with Gasteiger partial charge in [0, 0.05) is 19.6 Å². The van der Waals surface area contributed by atoms with Crippen LogP contribution in [0.3, 0.4) is 0 Å². The lowest BCUT2D eigenvalue weighted by atomic mass is 9.99. The molecule has 2 atom stereocenters. The van der Waals surface area contributed by atoms with E-state index >= 15 is 0 Å². The van der Waals surface area contributed by atoms with E-state index in [-0.39, 0.29) is 6.04 Å². The van der Waals surface area contributed by atoms with Gasteiger partial charge in [-0.15, -0.1) is 0 Å². The first-order valence-corrected chi connectivity index (χ1v) is 5.99. The summed E-state index contributed by atoms with van der Waals surface area (Å²) in [7, 11) is 1.92. The van der Waals surface area contributed by atoms with Crippen LogP contribution >= 0.6 is 0 Å². The van der Waals surface area contributed by atoms with E-state index in [1.54, 1.807) is 0 Å². The first-order chi connectivity index (χ1) is 7.79. The molecule has 0 aliphatic carbocycles. The minimum Gasteiger partial charge on any atom is -0.444 e. The fraction of sp³-hybridized carbons (Fsp3) is 0.750. The van der Waals surface area contributed by atoms with Crippen LogP contribution in [0.25, 0.3) is 0 Å². The molecule has 0 spiro atoms. The van der Waals surface area contributed by atoms with Crippen LogP contribution in [0.4, 0.5) is 0 Å². The zero-order valence-corrected chi connectivity index (χ0v) is 10.0. The molecule has 1 aromatic rings. The van der Waals surface area contributed by atoms with Gasteiger partial charge in [0.15, 0.2) is 5.89 Å². The SMILES string of the molecule is CNC(C)c1cnc(CC2CCCOC2)o1. The van der Waals surface area contributed by atoms with Gasteiger partial charge in [0.05, 0.1) is 12.2 Å². The molecule has 0 aromatic carbocycles. The van der Waals surface area contributed by atoms with E-state index in [1.807, 2.05) is 13.2 Å². The molecule has 2 heterocycles. The highest BCUT2D eigenvalue weighted by Gasteiger charge is 2.18. The molecule has 1 aliphatic heterocycles. The van der Waals surface area contributed by atoms with E-state index in [4.69, 9.17) is 9.15 Å². The van der Waals surface area contributed by atoms with Gasteiger partial charge in [-0.2, -0.15) is 0 Å². The highest BCUT2D eigenvalue weighted by atomic mass is 16.5. The number of rotatable bonds is 4. The van der Waals surface area contributed by atoms with Crippen LogP contribution in [0.1, 0.15) is 37.5 Å². The Morgan fingerprint density at radius 1 is 1.62 bits per heavy atom. The first kappa shape index (κ1) is 11.6. The maximum Gasteiger partial charge on any atom is 0.194 e. The van der Waals surface area contributed by atoms with E-state index in [9.17, 15) is 0 Å². The van der Waals surface area contributed by atoms with Crippen molar-refractivity contribution in [1.29, 1.82) is 0 Å². The van der Waals surface area contributed by atoms with Gasteiger partial charge >= 0.3 is 0 Å². The molecule has 1 saturated heterocycles. The monoisotopic (exact) mass is 224 g/mol. The van der Waals surface area contributed by atoms with Gasteiger partial charge in [0.2, 0.25) is 0 Å². The summed E-state index contributed by atoms with van der Waals surface area (Å²) in [5, 5.41) is 3.14. The molecule has 2 unspecified atom stereocenters. The van der Waals surface area contributed by atoms with E-state index in [0.717, 1.165) is 37.7 Å². The van der Waals surface area contributed by atoms with E-state index in [2.05, 4.69) is 17.2 Å². The number of hydrogen-bond donors (Lipinski definition) is 1. The van der Waals surface area contributed by atoms with Crippen molar-refractivity contribution in [3.05, 3.63) is 17.8 Å². The Morgan fingerprint density at radius 3 is 3.19 bits per heavy atom. The standard InChI is InChI=1S/C12H20N2O2/c1-9(13-2)11-7-14-12(16-11)6-10-4-3-5-15-8-10/h7,9-10,13H,3-6,8H2,1-2H3. The predicted octanol–water partition coefficient (Wildman–Crippen LogP) is 1.92. The van der Waals surface area contributed by atoms with E-state index < -0.39 is 0 Å². The van der Waals surface area contributed by atoms with Gasteiger partial charge in [-0.1, -0.05) is 0 Å². The predicted molar refractivity (Wildman–Crippen MR) is 61.2 cm³/mol. The Balaban J connectivity index is 1.91. The molecule has 1 aliphatic rings. The lowest BCUT2D eigenvalue weighted by molar-refractivity contribution is 0.0525. The lowest BCUT2D eigenvalue weighted by Gasteiger charge is -2.20. The van der Waals surface area contributed by atoms with Gasteiger partial charge in [-0.05, 0) is 32.7 Å². The second-order valence-electron chi connectivity index (χ2n) is 4.45. The van der Waals surface area contributed by atoms with Crippen molar-refractivity contribution in [2.24, 2.45) is 5.92 Å². The van der Waals surface area contributed by atoms with Crippen molar-refractivity contribution in [2.75, 3.05) is 20.3 Å². The molecule has 16 heavy (non-hydrogen) atoms. The summed E-state index contributed by atoms with van der Waals surface area (Å²) in [6.07, 6.45) is 5.10. The van der Waals surface area contributed by atoms with Crippen LogP contribution in [-0.4, -0.2) is 25.2 Å². The second-order valence-corrected chi connectivity index (χ2v) is 4.45. The molecule has 2 rings (SSSR count). The number of hydrogen-bond acceptors (Lipinski definition) is 4. The summed E-state index contributed by atoms with van der Waals surface area (Å²) in [6.45, 7) is 3.82. The average molecular weight is 224 g/mol. The van der Waals surface area contributed by atoms with Gasteiger partial charge in [-0.25, -0.2) is 4.98 Å². The van der Waals surface area contributed by atoms with Crippen molar-refractivity contribution < 1.29 is 9.15 Å². The number of nitrogens with one attached hydrogen (secondary N) is 1. The van der Waals surface area contributed by atoms with Crippen molar-refractivity contribution in [3.63, 3.8) is 0 Å². The van der Waals surface area contributed by atoms with E-state index in [0.29, 0.717) is 5.92 Å². The highest BCUT2D eigenvalue weighted by Crippen LogP contribution is 2.20. The van der Waals surface area contributed by atoms with Crippen LogP contribution in [0.5, 0.6) is 0 Å². The number of oxazole rings is 1. The van der Waals surface area contributed by atoms with Gasteiger partial charge < -0.3 is 14.5 Å². The third-order valence-corrected chi connectivity index (χ3v) is 3.15. The Labute approximate surface area is 96.4 Å². The lowest BCUT2D eigenvalue weighted by Crippen LogP contribution is -2.19. The molecule has 90 valence electrons. The van der Waals surface area contributed by atoms with Crippen molar-refractivity contribution in [1.82, 2.24) is 10.3 Å². The second kappa shape index (κ2) is 5.46. The quantitative estimate of drug-likeness (QED) is 0.849. The van der Waals surface area contributed by atoms with Crippen LogP contribution in [0.2, 0.25) is 0 Å². The maximum absolute atomic E-state index is 5.71. The van der Waals surface area contributed by atoms with Crippen molar-refractivity contribution in [3.8, 4) is 0 Å². The third kappa shape index (κ3) is 2.83. The van der Waals surface area contributed by atoms with Gasteiger partial charge in [-0.3, -0.25) is 0 Å². The Kier molecular flexibility index (Phi) is 3.96. The molecule has 0 radical (unpaired) electrons. The molecule has 1 aromatic heterocycles. The summed E-state index contributed by atoms with van der Waals surface area (Å²) in [5.74, 6) is 2.33. The molecule has 4 heteroatoms. The molecule has 0 amide bonds. The van der Waals surface area contributed by atoms with Crippen molar-refractivity contribution >= 4 is 0 Å². The maximum atomic E-state index is 5.71. The number of ether oxygens (including phenoxy) is 1. The fourth-order valence-electron chi connectivity index (χ4n) is 1.98. The smallest absolute Gasteiger partial charge is 0.194 e. The van der Waals surface area contributed by atoms with Crippen LogP contribution < -0.4 is 5.32 Å². The zero-order chi connectivity index (χ0) is 11.4. The topological polar surface area (TPSA) is 47.3 Å². The minimum absolute atomic E-state index is 0.226. The first-order valence-electron chi connectivity index (χ1n) is 5.99. The highest BCUT2D eigenvalue weighted by molar-refractivity contribution is 4.99. The molecular formula is C12H20N2O2. The fourth-order valence-corrected chi connectivity index (χ4v) is 1.98. The summed E-state index contributed by atoms with van der Waals surface area (Å²) in [5.41, 5.74) is 0. The molecule has 1 N–H and O–H groups in total. The molecule has 0 bridgehead atoms. The van der Waals surface area contributed by atoms with Crippen molar-refractivity contribution in [2.45, 2.75) is 32.2 Å². The van der Waals surface area contributed by atoms with E-state index in [1.165, 1.54) is 6.42 Å². The summed E-state index contributed by atoms with van der Waals surface area (Å²) < 4.78 is 11.2. The molecular weight excluding hydrogens is 204 g/mol. The minimum atomic E-state index is 0.226. The summed E-state index contributed by atoms with van der Waals surface area (Å²) in [6, 6.07) is 0.226. The summed E-state index contributed by atoms with van der Waals surface area (Å²) >= 11 is 0. The molecule has 1 fully saturated rings. The van der Waals surface area contributed by atoms with Crippen LogP contribution in [-0.2, 0) is 11.2 Å². The average Bonchev–Trinajstić information content (AvgIpc) is 2.78. The van der Waals surface area contributed by atoms with Crippen LogP contribution in [0.15, 0.2) is 10.6 Å². The largest absolute Gasteiger partial charge is 0.444 e. The number of aromatic nitrogens is 1. The molecule has 0 saturated carbocycles. The zero-order valence-electron chi connectivity index (χ0n) is 10.0. The molecule has 4 nitrogen and oxygen atoms in total. The van der Waals surface area contributed by atoms with Gasteiger partial charge in [0.1, 0.15) is 5.76 Å². The third-order valence-electron chi connectivity index (χ3n) is 3.15. The Bertz CT molecular complexity index is 319. The number of nitrogens with zero attached hydrogens (tertiary/aromatic N) is 1. The normalized spacial score (nSPS) is 23.2. The Hall–Kier alpha value is -0.870. The van der Waals surface area contributed by atoms with Crippen LogP contribution in [0, 0.1) is 5.92 Å². The van der Waals surface area contributed by atoms with Gasteiger partial charge in [0.25, 0.3) is 0 Å². The summed E-state index contributed by atoms with van der Waals surface area (Å²) in [4.78, 5) is 4.32. The Morgan fingerprint density at radius 2 is 2.50 bits per heavy atom.